The third kappa shape index (κ3) is 4.99. The Balaban J connectivity index is 1.42. The molecule has 3 heterocycles. The van der Waals surface area contributed by atoms with Crippen molar-refractivity contribution in [1.29, 1.82) is 0 Å². The molecule has 1 aliphatic heterocycles. The summed E-state index contributed by atoms with van der Waals surface area (Å²) in [6, 6.07) is 9.25. The maximum Gasteiger partial charge on any atom is 0.293 e. The number of benzene rings is 1. The summed E-state index contributed by atoms with van der Waals surface area (Å²) in [6.45, 7) is 0.0983. The highest BCUT2D eigenvalue weighted by Crippen LogP contribution is 2.31. The highest BCUT2D eigenvalue weighted by atomic mass is 32.2. The molecule has 2 aromatic heterocycles. The number of imide groups is 1. The molecule has 1 aliphatic rings. The molecular formula is C22H18FN5O3S2. The quantitative estimate of drug-likeness (QED) is 0.405. The SMILES string of the molecule is CSc1ncc(C(=O)NCCN2C(=O)S/C(=C\c3cccnc3)C2=O)n1-c1ccc(F)cc1. The van der Waals surface area contributed by atoms with Crippen molar-refractivity contribution in [3.63, 3.8) is 0 Å². The van der Waals surface area contributed by atoms with Crippen molar-refractivity contribution in [3.8, 4) is 5.69 Å². The Kier molecular flexibility index (Phi) is 6.90. The van der Waals surface area contributed by atoms with Gasteiger partial charge in [-0.15, -0.1) is 0 Å². The molecule has 0 atom stereocenters. The minimum Gasteiger partial charge on any atom is -0.349 e. The lowest BCUT2D eigenvalue weighted by atomic mass is 10.2. The van der Waals surface area contributed by atoms with Crippen LogP contribution in [-0.4, -0.2) is 55.8 Å². The number of hydrogen-bond donors (Lipinski definition) is 1. The molecule has 4 rings (SSSR count). The monoisotopic (exact) mass is 483 g/mol. The molecule has 0 radical (unpaired) electrons. The van der Waals surface area contributed by atoms with Crippen molar-refractivity contribution >= 4 is 46.7 Å². The Hall–Kier alpha value is -3.44. The number of halogens is 1. The zero-order valence-corrected chi connectivity index (χ0v) is 19.0. The lowest BCUT2D eigenvalue weighted by Gasteiger charge is -2.14. The highest BCUT2D eigenvalue weighted by Gasteiger charge is 2.34. The van der Waals surface area contributed by atoms with Gasteiger partial charge in [-0.25, -0.2) is 9.37 Å². The Morgan fingerprint density at radius 3 is 2.70 bits per heavy atom. The van der Waals surface area contributed by atoms with E-state index in [-0.39, 0.29) is 24.6 Å². The zero-order valence-electron chi connectivity index (χ0n) is 17.4. The number of amides is 3. The van der Waals surface area contributed by atoms with Gasteiger partial charge in [-0.2, -0.15) is 0 Å². The first kappa shape index (κ1) is 22.7. The second-order valence-corrected chi connectivity index (χ2v) is 8.58. The van der Waals surface area contributed by atoms with Gasteiger partial charge in [-0.3, -0.25) is 28.8 Å². The van der Waals surface area contributed by atoms with Gasteiger partial charge in [0.25, 0.3) is 17.1 Å². The van der Waals surface area contributed by atoms with E-state index in [0.29, 0.717) is 15.7 Å². The maximum atomic E-state index is 13.3. The number of nitrogens with zero attached hydrogens (tertiary/aromatic N) is 4. The predicted octanol–water partition coefficient (Wildman–Crippen LogP) is 3.59. The van der Waals surface area contributed by atoms with E-state index in [4.69, 9.17) is 0 Å². The molecule has 8 nitrogen and oxygen atoms in total. The standard InChI is InChI=1S/C22H18FN5O3S2/c1-32-21-26-13-17(28(21)16-6-4-15(23)5-7-16)19(29)25-9-10-27-20(30)18(33-22(27)31)11-14-3-2-8-24-12-14/h2-8,11-13H,9-10H2,1H3,(H,25,29)/b18-11-. The van der Waals surface area contributed by atoms with Crippen LogP contribution in [-0.2, 0) is 4.79 Å². The third-order valence-electron chi connectivity index (χ3n) is 4.71. The number of imidazole rings is 1. The summed E-state index contributed by atoms with van der Waals surface area (Å²) in [5, 5.41) is 2.89. The zero-order chi connectivity index (χ0) is 23.4. The Labute approximate surface area is 197 Å². The van der Waals surface area contributed by atoms with Crippen molar-refractivity contribution < 1.29 is 18.8 Å². The van der Waals surface area contributed by atoms with Gasteiger partial charge in [0.15, 0.2) is 5.16 Å². The fourth-order valence-corrected chi connectivity index (χ4v) is 4.57. The van der Waals surface area contributed by atoms with Crippen LogP contribution in [0.1, 0.15) is 16.1 Å². The number of carbonyl (C=O) groups is 3. The van der Waals surface area contributed by atoms with Crippen LogP contribution in [0.3, 0.4) is 0 Å². The molecule has 11 heteroatoms. The fourth-order valence-electron chi connectivity index (χ4n) is 3.16. The molecule has 0 saturated carbocycles. The molecule has 1 saturated heterocycles. The Morgan fingerprint density at radius 1 is 1.21 bits per heavy atom. The van der Waals surface area contributed by atoms with Crippen molar-refractivity contribution in [2.24, 2.45) is 0 Å². The van der Waals surface area contributed by atoms with Crippen molar-refractivity contribution in [1.82, 2.24) is 24.8 Å². The highest BCUT2D eigenvalue weighted by molar-refractivity contribution is 8.18. The van der Waals surface area contributed by atoms with Crippen LogP contribution in [0.15, 0.2) is 65.1 Å². The van der Waals surface area contributed by atoms with E-state index in [0.717, 1.165) is 22.2 Å². The van der Waals surface area contributed by atoms with Crippen molar-refractivity contribution in [2.75, 3.05) is 19.3 Å². The Bertz CT molecular complexity index is 1230. The summed E-state index contributed by atoms with van der Waals surface area (Å²) in [5.74, 6) is -1.22. The lowest BCUT2D eigenvalue weighted by molar-refractivity contribution is -0.122. The first-order chi connectivity index (χ1) is 16.0. The number of nitrogens with one attached hydrogen (secondary N) is 1. The van der Waals surface area contributed by atoms with E-state index in [1.54, 1.807) is 47.3 Å². The van der Waals surface area contributed by atoms with Crippen LogP contribution >= 0.6 is 23.5 Å². The van der Waals surface area contributed by atoms with E-state index < -0.39 is 17.1 Å². The van der Waals surface area contributed by atoms with Crippen LogP contribution in [0, 0.1) is 5.82 Å². The van der Waals surface area contributed by atoms with Crippen LogP contribution in [0.25, 0.3) is 11.8 Å². The third-order valence-corrected chi connectivity index (χ3v) is 6.27. The van der Waals surface area contributed by atoms with Crippen LogP contribution in [0.2, 0.25) is 0 Å². The van der Waals surface area contributed by atoms with Gasteiger partial charge < -0.3 is 5.32 Å². The molecule has 1 fully saturated rings. The first-order valence-corrected chi connectivity index (χ1v) is 11.8. The molecule has 3 amide bonds. The van der Waals surface area contributed by atoms with E-state index in [2.05, 4.69) is 15.3 Å². The summed E-state index contributed by atoms with van der Waals surface area (Å²) in [4.78, 5) is 47.4. The van der Waals surface area contributed by atoms with E-state index in [1.807, 2.05) is 6.26 Å². The topological polar surface area (TPSA) is 97.2 Å². The van der Waals surface area contributed by atoms with Crippen molar-refractivity contribution in [3.05, 3.63) is 77.0 Å². The molecule has 0 bridgehead atoms. The number of aromatic nitrogens is 3. The summed E-state index contributed by atoms with van der Waals surface area (Å²) in [7, 11) is 0. The average Bonchev–Trinajstić information content (AvgIpc) is 3.36. The second-order valence-electron chi connectivity index (χ2n) is 6.82. The van der Waals surface area contributed by atoms with Gasteiger partial charge in [0, 0.05) is 31.2 Å². The summed E-state index contributed by atoms with van der Waals surface area (Å²) in [6.07, 6.45) is 8.09. The van der Waals surface area contributed by atoms with Gasteiger partial charge in [-0.05, 0) is 60.0 Å². The van der Waals surface area contributed by atoms with Gasteiger partial charge in [0.05, 0.1) is 11.1 Å². The van der Waals surface area contributed by atoms with Crippen molar-refractivity contribution in [2.45, 2.75) is 5.16 Å². The molecule has 1 aromatic carbocycles. The fraction of sp³-hybridized carbons (Fsp3) is 0.136. The summed E-state index contributed by atoms with van der Waals surface area (Å²) >= 11 is 2.20. The molecule has 0 unspecified atom stereocenters. The van der Waals surface area contributed by atoms with Crippen LogP contribution < -0.4 is 5.32 Å². The van der Waals surface area contributed by atoms with Gasteiger partial charge in [0.2, 0.25) is 0 Å². The normalized spacial score (nSPS) is 14.8. The first-order valence-electron chi connectivity index (χ1n) is 9.79. The minimum absolute atomic E-state index is 0.0286. The van der Waals surface area contributed by atoms with Gasteiger partial charge >= 0.3 is 0 Å². The average molecular weight is 484 g/mol. The van der Waals surface area contributed by atoms with Gasteiger partial charge in [0.1, 0.15) is 11.5 Å². The largest absolute Gasteiger partial charge is 0.349 e. The predicted molar refractivity (Wildman–Crippen MR) is 125 cm³/mol. The summed E-state index contributed by atoms with van der Waals surface area (Å²) in [5.41, 5.74) is 1.57. The number of pyridine rings is 1. The van der Waals surface area contributed by atoms with E-state index >= 15 is 0 Å². The number of carbonyl (C=O) groups excluding carboxylic acids is 3. The van der Waals surface area contributed by atoms with Crippen LogP contribution in [0.4, 0.5) is 9.18 Å². The number of thioether (sulfide) groups is 2. The van der Waals surface area contributed by atoms with Gasteiger partial charge in [-0.1, -0.05) is 17.8 Å². The molecule has 168 valence electrons. The molecular weight excluding hydrogens is 465 g/mol. The second kappa shape index (κ2) is 10.0. The Morgan fingerprint density at radius 2 is 2.00 bits per heavy atom. The van der Waals surface area contributed by atoms with E-state index in [9.17, 15) is 18.8 Å². The van der Waals surface area contributed by atoms with E-state index in [1.165, 1.54) is 30.1 Å². The maximum absolute atomic E-state index is 13.3. The molecule has 0 spiro atoms. The minimum atomic E-state index is -0.426. The molecule has 1 N–H and O–H groups in total. The molecule has 3 aromatic rings. The smallest absolute Gasteiger partial charge is 0.293 e. The summed E-state index contributed by atoms with van der Waals surface area (Å²) < 4.78 is 14.9. The number of rotatable bonds is 7. The molecule has 33 heavy (non-hydrogen) atoms. The molecule has 0 aliphatic carbocycles. The number of hydrogen-bond acceptors (Lipinski definition) is 7. The lowest BCUT2D eigenvalue weighted by Crippen LogP contribution is -2.37. The van der Waals surface area contributed by atoms with Crippen LogP contribution in [0.5, 0.6) is 0 Å².